The molecule has 190 valence electrons. The van der Waals surface area contributed by atoms with Gasteiger partial charge in [-0.2, -0.15) is 9.41 Å². The summed E-state index contributed by atoms with van der Waals surface area (Å²) in [7, 11) is -1.25. The van der Waals surface area contributed by atoms with Gasteiger partial charge in [-0.3, -0.25) is 4.79 Å². The fourth-order valence-corrected chi connectivity index (χ4v) is 4.85. The highest BCUT2D eigenvalue weighted by Gasteiger charge is 2.28. The van der Waals surface area contributed by atoms with E-state index in [2.05, 4.69) is 10.5 Å². The molecule has 1 amide bonds. The molecule has 0 aliphatic heterocycles. The fourth-order valence-electron chi connectivity index (χ4n) is 3.14. The molecule has 1 N–H and O–H groups in total. The first-order valence-corrected chi connectivity index (χ1v) is 12.6. The van der Waals surface area contributed by atoms with Crippen LogP contribution in [0.25, 0.3) is 0 Å². The molecule has 0 heterocycles. The number of rotatable bonds is 10. The molecule has 0 unspecified atom stereocenters. The zero-order valence-corrected chi connectivity index (χ0v) is 21.6. The number of benzene rings is 3. The van der Waals surface area contributed by atoms with Gasteiger partial charge in [0.1, 0.15) is 17.3 Å². The summed E-state index contributed by atoms with van der Waals surface area (Å²) >= 11 is 12.0. The largest absolute Gasteiger partial charge is 0.497 e. The molecule has 0 spiro atoms. The summed E-state index contributed by atoms with van der Waals surface area (Å²) in [6.45, 7) is -1.15. The highest BCUT2D eigenvalue weighted by molar-refractivity contribution is 7.89. The van der Waals surface area contributed by atoms with E-state index in [9.17, 15) is 17.6 Å². The van der Waals surface area contributed by atoms with E-state index >= 15 is 0 Å². The maximum Gasteiger partial charge on any atom is 0.255 e. The van der Waals surface area contributed by atoms with Crippen molar-refractivity contribution in [2.75, 3.05) is 20.8 Å². The van der Waals surface area contributed by atoms with Crippen LogP contribution in [0, 0.1) is 5.82 Å². The van der Waals surface area contributed by atoms with Gasteiger partial charge < -0.3 is 9.47 Å². The first-order valence-electron chi connectivity index (χ1n) is 10.4. The lowest BCUT2D eigenvalue weighted by Crippen LogP contribution is -2.39. The highest BCUT2D eigenvalue weighted by Crippen LogP contribution is 2.26. The van der Waals surface area contributed by atoms with Gasteiger partial charge in [-0.1, -0.05) is 29.3 Å². The molecule has 0 radical (unpaired) electrons. The number of nitrogens with one attached hydrogen (secondary N) is 1. The first kappa shape index (κ1) is 27.4. The monoisotopic (exact) mass is 553 g/mol. The second-order valence-corrected chi connectivity index (χ2v) is 10.1. The van der Waals surface area contributed by atoms with E-state index in [-0.39, 0.29) is 15.5 Å². The average Bonchev–Trinajstić information content (AvgIpc) is 2.86. The van der Waals surface area contributed by atoms with Crippen LogP contribution in [0.5, 0.6) is 11.5 Å². The number of carbonyl (C=O) groups is 1. The lowest BCUT2D eigenvalue weighted by atomic mass is 10.2. The summed E-state index contributed by atoms with van der Waals surface area (Å²) in [5.74, 6) is -0.441. The van der Waals surface area contributed by atoms with Crippen LogP contribution in [0.3, 0.4) is 0 Å². The van der Waals surface area contributed by atoms with E-state index in [1.165, 1.54) is 56.8 Å². The normalized spacial score (nSPS) is 11.6. The molecule has 8 nitrogen and oxygen atoms in total. The summed E-state index contributed by atoms with van der Waals surface area (Å²) in [5, 5.41) is 4.24. The summed E-state index contributed by atoms with van der Waals surface area (Å²) in [6, 6.07) is 14.4. The minimum absolute atomic E-state index is 0.0244. The number of methoxy groups -OCH3 is 2. The molecule has 12 heteroatoms. The highest BCUT2D eigenvalue weighted by atomic mass is 35.5. The van der Waals surface area contributed by atoms with Crippen LogP contribution in [0.1, 0.15) is 11.1 Å². The molecular weight excluding hydrogens is 532 g/mol. The lowest BCUT2D eigenvalue weighted by Gasteiger charge is -2.22. The number of carbonyl (C=O) groups excluding carboxylic acids is 1. The van der Waals surface area contributed by atoms with Gasteiger partial charge in [0, 0.05) is 33.8 Å². The van der Waals surface area contributed by atoms with Crippen LogP contribution in [-0.4, -0.2) is 45.6 Å². The Morgan fingerprint density at radius 3 is 2.44 bits per heavy atom. The minimum atomic E-state index is -4.24. The Kier molecular flexibility index (Phi) is 9.27. The van der Waals surface area contributed by atoms with Crippen molar-refractivity contribution >= 4 is 45.3 Å². The Morgan fingerprint density at radius 2 is 1.81 bits per heavy atom. The van der Waals surface area contributed by atoms with Gasteiger partial charge in [0.25, 0.3) is 5.91 Å². The summed E-state index contributed by atoms with van der Waals surface area (Å²) in [4.78, 5) is 12.5. The van der Waals surface area contributed by atoms with Crippen molar-refractivity contribution in [1.29, 1.82) is 0 Å². The summed E-state index contributed by atoms with van der Waals surface area (Å²) in [6.07, 6.45) is 1.34. The second-order valence-electron chi connectivity index (χ2n) is 7.33. The Labute approximate surface area is 218 Å². The summed E-state index contributed by atoms with van der Waals surface area (Å²) in [5.41, 5.74) is 2.75. The number of sulfonamides is 1. The van der Waals surface area contributed by atoms with Gasteiger partial charge in [0.15, 0.2) is 0 Å². The smallest absolute Gasteiger partial charge is 0.255 e. The third-order valence-corrected chi connectivity index (χ3v) is 7.41. The quantitative estimate of drug-likeness (QED) is 0.294. The van der Waals surface area contributed by atoms with E-state index in [1.807, 2.05) is 0 Å². The zero-order valence-electron chi connectivity index (χ0n) is 19.2. The molecule has 3 rings (SSSR count). The van der Waals surface area contributed by atoms with Crippen LogP contribution in [0.2, 0.25) is 10.0 Å². The number of hydrogen-bond acceptors (Lipinski definition) is 6. The van der Waals surface area contributed by atoms with Gasteiger partial charge in [-0.05, 0) is 48.5 Å². The van der Waals surface area contributed by atoms with Crippen LogP contribution in [-0.2, 0) is 21.4 Å². The van der Waals surface area contributed by atoms with E-state index < -0.39 is 34.8 Å². The van der Waals surface area contributed by atoms with Crippen LogP contribution >= 0.6 is 23.2 Å². The molecule has 0 saturated carbocycles. The molecule has 0 aliphatic rings. The third-order valence-electron chi connectivity index (χ3n) is 5.00. The number of amides is 1. The maximum atomic E-state index is 14.4. The lowest BCUT2D eigenvalue weighted by molar-refractivity contribution is -0.121. The zero-order chi connectivity index (χ0) is 26.3. The average molecular weight is 554 g/mol. The second kappa shape index (κ2) is 12.2. The van der Waals surface area contributed by atoms with E-state index in [1.54, 1.807) is 18.2 Å². The number of ether oxygens (including phenoxy) is 2. The Hall–Kier alpha value is -3.18. The van der Waals surface area contributed by atoms with E-state index in [4.69, 9.17) is 32.7 Å². The number of halogens is 3. The van der Waals surface area contributed by atoms with E-state index in [0.29, 0.717) is 22.1 Å². The van der Waals surface area contributed by atoms with Crippen molar-refractivity contribution in [3.63, 3.8) is 0 Å². The van der Waals surface area contributed by atoms with Gasteiger partial charge >= 0.3 is 0 Å². The van der Waals surface area contributed by atoms with Crippen LogP contribution in [0.15, 0.2) is 70.7 Å². The Bertz CT molecular complexity index is 1350. The van der Waals surface area contributed by atoms with Crippen LogP contribution < -0.4 is 14.9 Å². The summed E-state index contributed by atoms with van der Waals surface area (Å²) < 4.78 is 52.3. The van der Waals surface area contributed by atoms with Gasteiger partial charge in [-0.25, -0.2) is 18.2 Å². The number of hydrazone groups is 1. The third kappa shape index (κ3) is 6.73. The number of nitrogens with zero attached hydrogens (tertiary/aromatic N) is 2. The standard InChI is InChI=1S/C24H22Cl2FN3O5S/c1-34-18-9-6-16(23(12-18)35-2)13-28-29-24(31)15-30(14-20-21(26)4-3-5-22(20)27)36(32,33)19-10-7-17(25)8-11-19/h3-13H,14-15H2,1-2H3,(H,29,31)/b28-13-. The molecule has 0 saturated heterocycles. The molecule has 0 bridgehead atoms. The topological polar surface area (TPSA) is 97.3 Å². The Morgan fingerprint density at radius 1 is 1.08 bits per heavy atom. The molecule has 3 aromatic carbocycles. The molecule has 3 aromatic rings. The van der Waals surface area contributed by atoms with Crippen molar-refractivity contribution in [2.45, 2.75) is 11.4 Å². The van der Waals surface area contributed by atoms with Crippen molar-refractivity contribution < 1.29 is 27.1 Å². The van der Waals surface area contributed by atoms with Gasteiger partial charge in [-0.15, -0.1) is 0 Å². The maximum absolute atomic E-state index is 14.4. The number of hydrogen-bond donors (Lipinski definition) is 1. The molecular formula is C24H22Cl2FN3O5S. The van der Waals surface area contributed by atoms with Crippen LogP contribution in [0.4, 0.5) is 4.39 Å². The van der Waals surface area contributed by atoms with Gasteiger partial charge in [0.05, 0.1) is 31.9 Å². The predicted octanol–water partition coefficient (Wildman–Crippen LogP) is 4.49. The predicted molar refractivity (Wildman–Crippen MR) is 136 cm³/mol. The van der Waals surface area contributed by atoms with Gasteiger partial charge in [0.2, 0.25) is 10.0 Å². The minimum Gasteiger partial charge on any atom is -0.497 e. The first-order chi connectivity index (χ1) is 17.1. The SMILES string of the molecule is COc1ccc(/C=N\NC(=O)CN(Cc2c(F)cccc2Cl)S(=O)(=O)c2ccc(Cl)cc2)c(OC)c1. The van der Waals surface area contributed by atoms with E-state index in [0.717, 1.165) is 10.4 Å². The van der Waals surface area contributed by atoms with Crippen molar-refractivity contribution in [3.8, 4) is 11.5 Å². The molecule has 0 fully saturated rings. The molecule has 0 aromatic heterocycles. The molecule has 0 atom stereocenters. The van der Waals surface area contributed by atoms with Crippen molar-refractivity contribution in [1.82, 2.24) is 9.73 Å². The molecule has 0 aliphatic carbocycles. The Balaban J connectivity index is 1.84. The fraction of sp³-hybridized carbons (Fsp3) is 0.167. The molecule has 36 heavy (non-hydrogen) atoms. The van der Waals surface area contributed by atoms with Crippen molar-refractivity contribution in [3.05, 3.63) is 87.7 Å². The van der Waals surface area contributed by atoms with Crippen molar-refractivity contribution in [2.24, 2.45) is 5.10 Å².